The zero-order valence-electron chi connectivity index (χ0n) is 14.9. The smallest absolute Gasteiger partial charge is 0.264 e. The Morgan fingerprint density at radius 3 is 2.64 bits per heavy atom. The molecule has 0 saturated heterocycles. The summed E-state index contributed by atoms with van der Waals surface area (Å²) in [5, 5.41) is 6.08. The Kier molecular flexibility index (Phi) is 5.04. The highest BCUT2D eigenvalue weighted by molar-refractivity contribution is 7.12. The van der Waals surface area contributed by atoms with Crippen molar-refractivity contribution in [1.29, 1.82) is 0 Å². The molecule has 0 aliphatic rings. The summed E-state index contributed by atoms with van der Waals surface area (Å²) in [6.45, 7) is 8.62. The third-order valence-electron chi connectivity index (χ3n) is 4.30. The molecule has 3 aromatic rings. The molecule has 5 heteroatoms. The van der Waals surface area contributed by atoms with Gasteiger partial charge in [0, 0.05) is 17.7 Å². The van der Waals surface area contributed by atoms with E-state index in [0.29, 0.717) is 6.54 Å². The van der Waals surface area contributed by atoms with E-state index in [4.69, 9.17) is 4.52 Å². The van der Waals surface area contributed by atoms with Crippen molar-refractivity contribution in [1.82, 2.24) is 10.1 Å². The summed E-state index contributed by atoms with van der Waals surface area (Å²) in [5.41, 5.74) is 4.22. The molecule has 130 valence electrons. The van der Waals surface area contributed by atoms with E-state index in [0.717, 1.165) is 21.9 Å². The molecule has 4 nitrogen and oxygen atoms in total. The Balaban J connectivity index is 1.81. The molecule has 0 atom stereocenters. The fourth-order valence-corrected chi connectivity index (χ4v) is 3.30. The quantitative estimate of drug-likeness (QED) is 0.642. The Morgan fingerprint density at radius 1 is 1.20 bits per heavy atom. The third kappa shape index (κ3) is 3.82. The number of hydrogen-bond donors (Lipinski definition) is 0. The molecule has 25 heavy (non-hydrogen) atoms. The highest BCUT2D eigenvalue weighted by Gasteiger charge is 2.21. The number of benzene rings is 1. The fourth-order valence-electron chi connectivity index (χ4n) is 2.62. The van der Waals surface area contributed by atoms with Crippen LogP contribution < -0.4 is 0 Å². The van der Waals surface area contributed by atoms with Crippen molar-refractivity contribution in [3.63, 3.8) is 0 Å². The van der Waals surface area contributed by atoms with Crippen LogP contribution in [0.25, 0.3) is 11.3 Å². The lowest BCUT2D eigenvalue weighted by atomic mass is 10.0. The van der Waals surface area contributed by atoms with Gasteiger partial charge in [-0.25, -0.2) is 0 Å². The second kappa shape index (κ2) is 7.23. The van der Waals surface area contributed by atoms with Gasteiger partial charge in [-0.3, -0.25) is 4.79 Å². The second-order valence-electron chi connectivity index (χ2n) is 6.49. The second-order valence-corrected chi connectivity index (χ2v) is 7.43. The maximum atomic E-state index is 12.7. The largest absolute Gasteiger partial charge is 0.356 e. The van der Waals surface area contributed by atoms with Gasteiger partial charge in [-0.05, 0) is 56.3 Å². The Hall–Kier alpha value is -2.40. The molecule has 0 saturated carbocycles. The van der Waals surface area contributed by atoms with E-state index >= 15 is 0 Å². The summed E-state index contributed by atoms with van der Waals surface area (Å²) >= 11 is 1.46. The molecular formula is C20H22N2O2S. The molecule has 0 unspecified atom stereocenters. The molecule has 0 aliphatic heterocycles. The molecule has 2 aromatic heterocycles. The highest BCUT2D eigenvalue weighted by Crippen LogP contribution is 2.24. The topological polar surface area (TPSA) is 46.3 Å². The summed E-state index contributed by atoms with van der Waals surface area (Å²) in [6, 6.07) is 11.9. The summed E-state index contributed by atoms with van der Waals surface area (Å²) in [4.78, 5) is 15.2. The number of nitrogens with zero attached hydrogens (tertiary/aromatic N) is 2. The van der Waals surface area contributed by atoms with Gasteiger partial charge in [-0.1, -0.05) is 23.4 Å². The number of carbonyl (C=O) groups is 1. The van der Waals surface area contributed by atoms with Crippen LogP contribution in [-0.2, 0) is 6.54 Å². The van der Waals surface area contributed by atoms with Crippen molar-refractivity contribution in [2.75, 3.05) is 0 Å². The van der Waals surface area contributed by atoms with Crippen LogP contribution in [0.3, 0.4) is 0 Å². The summed E-state index contributed by atoms with van der Waals surface area (Å²) in [6.07, 6.45) is 0. The van der Waals surface area contributed by atoms with Gasteiger partial charge in [-0.2, -0.15) is 0 Å². The van der Waals surface area contributed by atoms with Gasteiger partial charge < -0.3 is 9.42 Å². The van der Waals surface area contributed by atoms with Crippen LogP contribution in [0.2, 0.25) is 0 Å². The number of thiophene rings is 1. The Bertz CT molecular complexity index is 866. The average Bonchev–Trinajstić information content (AvgIpc) is 3.26. The van der Waals surface area contributed by atoms with Gasteiger partial charge in [0.25, 0.3) is 5.91 Å². The molecule has 1 aromatic carbocycles. The van der Waals surface area contributed by atoms with E-state index in [1.807, 2.05) is 48.4 Å². The highest BCUT2D eigenvalue weighted by atomic mass is 32.1. The molecular weight excluding hydrogens is 332 g/mol. The lowest BCUT2D eigenvalue weighted by molar-refractivity contribution is 0.0691. The summed E-state index contributed by atoms with van der Waals surface area (Å²) in [5.74, 6) is 0.756. The van der Waals surface area contributed by atoms with E-state index in [2.05, 4.69) is 31.1 Å². The molecule has 0 radical (unpaired) electrons. The first-order valence-electron chi connectivity index (χ1n) is 8.33. The first kappa shape index (κ1) is 17.4. The lowest BCUT2D eigenvalue weighted by Gasteiger charge is -2.25. The predicted molar refractivity (Wildman–Crippen MR) is 101 cm³/mol. The predicted octanol–water partition coefficient (Wildman–Crippen LogP) is 5.07. The molecule has 0 bridgehead atoms. The van der Waals surface area contributed by atoms with Gasteiger partial charge in [0.15, 0.2) is 5.76 Å². The van der Waals surface area contributed by atoms with E-state index in [-0.39, 0.29) is 11.9 Å². The van der Waals surface area contributed by atoms with Gasteiger partial charge in [0.2, 0.25) is 0 Å². The van der Waals surface area contributed by atoms with Crippen LogP contribution in [0.5, 0.6) is 0 Å². The number of rotatable bonds is 5. The molecule has 0 spiro atoms. The molecule has 1 amide bonds. The molecule has 3 rings (SSSR count). The van der Waals surface area contributed by atoms with E-state index in [1.54, 1.807) is 0 Å². The molecule has 2 heterocycles. The van der Waals surface area contributed by atoms with Gasteiger partial charge in [-0.15, -0.1) is 11.3 Å². The Labute approximate surface area is 152 Å². The van der Waals surface area contributed by atoms with Gasteiger partial charge in [0.1, 0.15) is 5.69 Å². The molecule has 0 aliphatic carbocycles. The van der Waals surface area contributed by atoms with Crippen molar-refractivity contribution in [3.8, 4) is 11.3 Å². The number of hydrogen-bond acceptors (Lipinski definition) is 4. The lowest BCUT2D eigenvalue weighted by Crippen LogP contribution is -2.36. The molecule has 0 N–H and O–H groups in total. The molecule has 0 fully saturated rings. The number of aromatic nitrogens is 1. The van der Waals surface area contributed by atoms with Crippen LogP contribution in [0, 0.1) is 13.8 Å². The maximum Gasteiger partial charge on any atom is 0.264 e. The maximum absolute atomic E-state index is 12.7. The van der Waals surface area contributed by atoms with Crippen molar-refractivity contribution in [2.45, 2.75) is 40.3 Å². The van der Waals surface area contributed by atoms with Crippen molar-refractivity contribution in [2.24, 2.45) is 0 Å². The summed E-state index contributed by atoms with van der Waals surface area (Å²) in [7, 11) is 0. The number of aryl methyl sites for hydroxylation is 2. The van der Waals surface area contributed by atoms with Crippen molar-refractivity contribution < 1.29 is 9.32 Å². The third-order valence-corrected chi connectivity index (χ3v) is 5.16. The monoisotopic (exact) mass is 354 g/mol. The Morgan fingerprint density at radius 2 is 2.00 bits per heavy atom. The number of amides is 1. The zero-order chi connectivity index (χ0) is 18.0. The van der Waals surface area contributed by atoms with Crippen molar-refractivity contribution >= 4 is 17.2 Å². The fraction of sp³-hybridized carbons (Fsp3) is 0.300. The number of carbonyl (C=O) groups excluding carboxylic acids is 1. The van der Waals surface area contributed by atoms with E-state index < -0.39 is 0 Å². The summed E-state index contributed by atoms with van der Waals surface area (Å²) < 4.78 is 5.51. The van der Waals surface area contributed by atoms with Crippen LogP contribution in [0.4, 0.5) is 0 Å². The van der Waals surface area contributed by atoms with E-state index in [9.17, 15) is 4.79 Å². The standard InChI is InChI=1S/C20H22N2O2S/c1-13(2)22(20(23)19-6-5-9-25-19)12-17-11-18(24-21-17)16-8-7-14(3)15(4)10-16/h5-11,13H,12H2,1-4H3. The van der Waals surface area contributed by atoms with Crippen LogP contribution in [0.15, 0.2) is 46.3 Å². The minimum Gasteiger partial charge on any atom is -0.356 e. The first-order valence-corrected chi connectivity index (χ1v) is 9.21. The van der Waals surface area contributed by atoms with Crippen molar-refractivity contribution in [3.05, 3.63) is 63.5 Å². The first-order chi connectivity index (χ1) is 12.0. The van der Waals surface area contributed by atoms with Crippen LogP contribution in [-0.4, -0.2) is 22.0 Å². The minimum absolute atomic E-state index is 0.0285. The van der Waals surface area contributed by atoms with E-state index in [1.165, 1.54) is 22.5 Å². The van der Waals surface area contributed by atoms with Crippen LogP contribution >= 0.6 is 11.3 Å². The minimum atomic E-state index is 0.0285. The SMILES string of the molecule is Cc1ccc(-c2cc(CN(C(=O)c3cccs3)C(C)C)no2)cc1C. The van der Waals surface area contributed by atoms with Gasteiger partial charge >= 0.3 is 0 Å². The van der Waals surface area contributed by atoms with Crippen LogP contribution in [0.1, 0.15) is 40.3 Å². The normalized spacial score (nSPS) is 11.1. The van der Waals surface area contributed by atoms with Gasteiger partial charge in [0.05, 0.1) is 11.4 Å². The average molecular weight is 354 g/mol. The zero-order valence-corrected chi connectivity index (χ0v) is 15.8.